The lowest BCUT2D eigenvalue weighted by molar-refractivity contribution is -0.158. The van der Waals surface area contributed by atoms with Gasteiger partial charge in [0, 0.05) is 5.41 Å². The molecule has 4 heteroatoms. The molecule has 0 spiro atoms. The van der Waals surface area contributed by atoms with Gasteiger partial charge < -0.3 is 9.47 Å². The molecule has 0 fully saturated rings. The van der Waals surface area contributed by atoms with Crippen molar-refractivity contribution in [2.75, 3.05) is 14.2 Å². The summed E-state index contributed by atoms with van der Waals surface area (Å²) in [6, 6.07) is 0. The third-order valence-electron chi connectivity index (χ3n) is 1.99. The molecule has 0 aromatic heterocycles. The maximum absolute atomic E-state index is 11.3. The van der Waals surface area contributed by atoms with Crippen molar-refractivity contribution in [1.29, 1.82) is 0 Å². The molecular formula is C14H20O4. The molecule has 0 rings (SSSR count). The Bertz CT molecular complexity index is 361. The summed E-state index contributed by atoms with van der Waals surface area (Å²) in [4.78, 5) is 22.7. The summed E-state index contributed by atoms with van der Waals surface area (Å²) in [5.41, 5.74) is -0.0750. The minimum absolute atomic E-state index is 0.0750. The first kappa shape index (κ1) is 16.2. The van der Waals surface area contributed by atoms with Crippen molar-refractivity contribution in [3.63, 3.8) is 0 Å². The van der Waals surface area contributed by atoms with E-state index in [-0.39, 0.29) is 11.8 Å². The topological polar surface area (TPSA) is 52.6 Å². The molecule has 0 atom stereocenters. The molecule has 0 amide bonds. The molecule has 0 aromatic carbocycles. The van der Waals surface area contributed by atoms with Crippen molar-refractivity contribution in [2.24, 2.45) is 11.3 Å². The van der Waals surface area contributed by atoms with Crippen LogP contribution in [0.25, 0.3) is 0 Å². The molecule has 0 N–H and O–H groups in total. The van der Waals surface area contributed by atoms with Gasteiger partial charge in [0.05, 0.1) is 14.2 Å². The summed E-state index contributed by atoms with van der Waals surface area (Å²) in [6.45, 7) is 6.00. The predicted octanol–water partition coefficient (Wildman–Crippen LogP) is 1.94. The lowest BCUT2D eigenvalue weighted by Crippen LogP contribution is -2.25. The molecule has 0 radical (unpaired) electrons. The van der Waals surface area contributed by atoms with Crippen molar-refractivity contribution >= 4 is 11.9 Å². The van der Waals surface area contributed by atoms with Crippen molar-refractivity contribution in [3.8, 4) is 11.8 Å². The van der Waals surface area contributed by atoms with Crippen LogP contribution in [0.5, 0.6) is 0 Å². The van der Waals surface area contributed by atoms with Crippen LogP contribution in [0.2, 0.25) is 0 Å². The van der Waals surface area contributed by atoms with Gasteiger partial charge in [-0.2, -0.15) is 0 Å². The number of methoxy groups -OCH3 is 2. The van der Waals surface area contributed by atoms with Crippen LogP contribution in [0.3, 0.4) is 0 Å². The molecule has 0 aliphatic carbocycles. The van der Waals surface area contributed by atoms with Crippen LogP contribution in [0.4, 0.5) is 0 Å². The molecule has 18 heavy (non-hydrogen) atoms. The quantitative estimate of drug-likeness (QED) is 0.436. The van der Waals surface area contributed by atoms with Gasteiger partial charge in [-0.1, -0.05) is 17.9 Å². The third kappa shape index (κ3) is 6.74. The van der Waals surface area contributed by atoms with E-state index in [1.165, 1.54) is 14.2 Å². The van der Waals surface area contributed by atoms with E-state index in [9.17, 15) is 9.59 Å². The number of esters is 2. The van der Waals surface area contributed by atoms with Gasteiger partial charge in [0.25, 0.3) is 0 Å². The van der Waals surface area contributed by atoms with E-state index in [0.29, 0.717) is 0 Å². The van der Waals surface area contributed by atoms with E-state index in [1.807, 2.05) is 20.8 Å². The molecule has 0 saturated carbocycles. The van der Waals surface area contributed by atoms with Gasteiger partial charge in [-0.15, -0.1) is 0 Å². The zero-order valence-electron chi connectivity index (χ0n) is 11.6. The molecule has 0 aliphatic heterocycles. The van der Waals surface area contributed by atoms with E-state index < -0.39 is 17.9 Å². The molecule has 0 aliphatic rings. The number of hydrogen-bond donors (Lipinski definition) is 0. The van der Waals surface area contributed by atoms with Crippen LogP contribution >= 0.6 is 0 Å². The zero-order valence-corrected chi connectivity index (χ0v) is 11.6. The Morgan fingerprint density at radius 3 is 2.06 bits per heavy atom. The minimum atomic E-state index is -0.923. The molecular weight excluding hydrogens is 232 g/mol. The van der Waals surface area contributed by atoms with E-state index >= 15 is 0 Å². The van der Waals surface area contributed by atoms with Crippen LogP contribution in [0.1, 0.15) is 27.2 Å². The smallest absolute Gasteiger partial charge is 0.320 e. The van der Waals surface area contributed by atoms with E-state index in [2.05, 4.69) is 21.3 Å². The summed E-state index contributed by atoms with van der Waals surface area (Å²) in [7, 11) is 2.47. The Morgan fingerprint density at radius 1 is 1.17 bits per heavy atom. The molecule has 0 aromatic rings. The van der Waals surface area contributed by atoms with Gasteiger partial charge >= 0.3 is 11.9 Å². The van der Waals surface area contributed by atoms with Crippen LogP contribution in [-0.4, -0.2) is 26.2 Å². The third-order valence-corrected chi connectivity index (χ3v) is 1.99. The van der Waals surface area contributed by atoms with E-state index in [4.69, 9.17) is 0 Å². The molecule has 0 unspecified atom stereocenters. The highest BCUT2D eigenvalue weighted by molar-refractivity contribution is 5.94. The minimum Gasteiger partial charge on any atom is -0.468 e. The van der Waals surface area contributed by atoms with Gasteiger partial charge in [-0.3, -0.25) is 9.59 Å². The Balaban J connectivity index is 4.53. The second kappa shape index (κ2) is 7.54. The fourth-order valence-corrected chi connectivity index (χ4v) is 1.09. The lowest BCUT2D eigenvalue weighted by atomic mass is 9.98. The zero-order chi connectivity index (χ0) is 14.2. The number of carbonyl (C=O) groups is 2. The summed E-state index contributed by atoms with van der Waals surface area (Å²) in [6.07, 6.45) is 3.51. The molecule has 100 valence electrons. The van der Waals surface area contributed by atoms with Crippen molar-refractivity contribution in [3.05, 3.63) is 12.2 Å². The van der Waals surface area contributed by atoms with Crippen LogP contribution < -0.4 is 0 Å². The Kier molecular flexibility index (Phi) is 6.81. The van der Waals surface area contributed by atoms with Gasteiger partial charge in [0.15, 0.2) is 5.92 Å². The van der Waals surface area contributed by atoms with Crippen molar-refractivity contribution in [1.82, 2.24) is 0 Å². The van der Waals surface area contributed by atoms with Crippen molar-refractivity contribution < 1.29 is 19.1 Å². The number of allylic oxidation sites excluding steroid dienone is 2. The summed E-state index contributed by atoms with van der Waals surface area (Å²) < 4.78 is 9.07. The van der Waals surface area contributed by atoms with Crippen LogP contribution in [0.15, 0.2) is 12.2 Å². The van der Waals surface area contributed by atoms with Gasteiger partial charge in [-0.05, 0) is 33.3 Å². The fourth-order valence-electron chi connectivity index (χ4n) is 1.09. The Labute approximate surface area is 108 Å². The lowest BCUT2D eigenvalue weighted by Gasteiger charge is -2.09. The Morgan fingerprint density at radius 2 is 1.67 bits per heavy atom. The molecule has 0 heterocycles. The van der Waals surface area contributed by atoms with Gasteiger partial charge in [0.2, 0.25) is 0 Å². The van der Waals surface area contributed by atoms with Crippen molar-refractivity contribution in [2.45, 2.75) is 27.2 Å². The molecule has 0 bridgehead atoms. The number of ether oxygens (including phenoxy) is 2. The second-order valence-corrected chi connectivity index (χ2v) is 4.76. The predicted molar refractivity (Wildman–Crippen MR) is 68.5 cm³/mol. The van der Waals surface area contributed by atoms with E-state index in [0.717, 1.165) is 0 Å². The maximum Gasteiger partial charge on any atom is 0.320 e. The number of hydrogen-bond acceptors (Lipinski definition) is 4. The summed E-state index contributed by atoms with van der Waals surface area (Å²) in [5, 5.41) is 0. The maximum atomic E-state index is 11.3. The number of rotatable bonds is 4. The van der Waals surface area contributed by atoms with Crippen LogP contribution in [-0.2, 0) is 19.1 Å². The first-order valence-electron chi connectivity index (χ1n) is 5.65. The second-order valence-electron chi connectivity index (χ2n) is 4.76. The summed E-state index contributed by atoms with van der Waals surface area (Å²) in [5.74, 6) is 3.75. The normalized spacial score (nSPS) is 11.0. The summed E-state index contributed by atoms with van der Waals surface area (Å²) >= 11 is 0. The standard InChI is InChI=1S/C14H20O4/c1-14(2,3)10-8-6-7-9-11(12(15)17-4)13(16)18-5/h6-7,11H,9H2,1-5H3. The highest BCUT2D eigenvalue weighted by Crippen LogP contribution is 2.10. The average molecular weight is 252 g/mol. The molecule has 0 saturated heterocycles. The highest BCUT2D eigenvalue weighted by Gasteiger charge is 2.26. The van der Waals surface area contributed by atoms with Gasteiger partial charge in [-0.25, -0.2) is 0 Å². The highest BCUT2D eigenvalue weighted by atomic mass is 16.5. The van der Waals surface area contributed by atoms with E-state index in [1.54, 1.807) is 12.2 Å². The molecule has 4 nitrogen and oxygen atoms in total. The SMILES string of the molecule is COC(=O)C(CC=CC#CC(C)(C)C)C(=O)OC. The van der Waals surface area contributed by atoms with Gasteiger partial charge in [0.1, 0.15) is 0 Å². The first-order chi connectivity index (χ1) is 8.31. The monoisotopic (exact) mass is 252 g/mol. The average Bonchev–Trinajstić information content (AvgIpc) is 2.30. The largest absolute Gasteiger partial charge is 0.468 e. The Hall–Kier alpha value is -1.76. The van der Waals surface area contributed by atoms with Crippen LogP contribution in [0, 0.1) is 23.2 Å². The number of carbonyl (C=O) groups excluding carboxylic acids is 2. The fraction of sp³-hybridized carbons (Fsp3) is 0.571. The first-order valence-corrected chi connectivity index (χ1v) is 5.65.